The summed E-state index contributed by atoms with van der Waals surface area (Å²) in [5.41, 5.74) is 8.30. The molecule has 1 unspecified atom stereocenters. The third-order valence-electron chi connectivity index (χ3n) is 3.16. The van der Waals surface area contributed by atoms with E-state index >= 15 is 0 Å². The number of nitrogens with two attached hydrogens (primary N) is 1. The Balaban J connectivity index is 2.16. The maximum Gasteiger partial charge on any atom is 0.247 e. The molecule has 1 aromatic heterocycles. The Morgan fingerprint density at radius 2 is 2.19 bits per heavy atom. The Hall–Kier alpha value is -2.21. The van der Waals surface area contributed by atoms with Crippen molar-refractivity contribution < 1.29 is 9.21 Å². The predicted molar refractivity (Wildman–Crippen MR) is 80.5 cm³/mol. The van der Waals surface area contributed by atoms with Crippen LogP contribution in [0.4, 0.5) is 5.69 Å². The molecule has 2 rings (SSSR count). The Morgan fingerprint density at radius 1 is 1.43 bits per heavy atom. The molecule has 0 bridgehead atoms. The molecule has 0 saturated carbocycles. The summed E-state index contributed by atoms with van der Waals surface area (Å²) in [6.07, 6.45) is 1.92. The van der Waals surface area contributed by atoms with Crippen LogP contribution in [0.5, 0.6) is 0 Å². The molecule has 2 aromatic rings. The molecule has 0 saturated heterocycles. The van der Waals surface area contributed by atoms with Crippen LogP contribution in [-0.2, 0) is 4.79 Å². The van der Waals surface area contributed by atoms with Crippen molar-refractivity contribution in [1.29, 1.82) is 0 Å². The maximum atomic E-state index is 12.1. The number of benzene rings is 1. The molecule has 21 heavy (non-hydrogen) atoms. The fourth-order valence-corrected chi connectivity index (χ4v) is 2.03. The van der Waals surface area contributed by atoms with Gasteiger partial charge < -0.3 is 15.5 Å². The van der Waals surface area contributed by atoms with Crippen LogP contribution in [0.25, 0.3) is 11.5 Å². The largest absolute Gasteiger partial charge is 0.423 e. The SMILES string of the molecule is Cc1ccc(-c2nnco2)cc1NC(=O)C(N)CC(C)C. The monoisotopic (exact) mass is 288 g/mol. The van der Waals surface area contributed by atoms with Gasteiger partial charge in [0.15, 0.2) is 0 Å². The number of aromatic nitrogens is 2. The lowest BCUT2D eigenvalue weighted by Crippen LogP contribution is -2.36. The summed E-state index contributed by atoms with van der Waals surface area (Å²) < 4.78 is 5.16. The number of hydrogen-bond donors (Lipinski definition) is 2. The van der Waals surface area contributed by atoms with Crippen molar-refractivity contribution in [3.05, 3.63) is 30.2 Å². The first kappa shape index (κ1) is 15.2. The highest BCUT2D eigenvalue weighted by Gasteiger charge is 2.16. The first-order valence-electron chi connectivity index (χ1n) is 6.91. The number of nitrogens with zero attached hydrogens (tertiary/aromatic N) is 2. The van der Waals surface area contributed by atoms with E-state index in [0.29, 0.717) is 23.9 Å². The molecule has 0 fully saturated rings. The highest BCUT2D eigenvalue weighted by molar-refractivity contribution is 5.95. The highest BCUT2D eigenvalue weighted by atomic mass is 16.4. The topological polar surface area (TPSA) is 94.0 Å². The minimum absolute atomic E-state index is 0.186. The van der Waals surface area contributed by atoms with Crippen molar-refractivity contribution in [2.45, 2.75) is 33.2 Å². The molecule has 0 aliphatic carbocycles. The molecule has 0 spiro atoms. The Labute approximate surface area is 123 Å². The second kappa shape index (κ2) is 6.49. The van der Waals surface area contributed by atoms with Gasteiger partial charge in [-0.15, -0.1) is 10.2 Å². The van der Waals surface area contributed by atoms with Crippen molar-refractivity contribution in [2.24, 2.45) is 11.7 Å². The van der Waals surface area contributed by atoms with Crippen LogP contribution < -0.4 is 11.1 Å². The number of carbonyl (C=O) groups excluding carboxylic acids is 1. The van der Waals surface area contributed by atoms with E-state index in [1.54, 1.807) is 0 Å². The zero-order valence-electron chi connectivity index (χ0n) is 12.5. The zero-order chi connectivity index (χ0) is 15.4. The van der Waals surface area contributed by atoms with E-state index < -0.39 is 6.04 Å². The van der Waals surface area contributed by atoms with E-state index in [1.165, 1.54) is 6.39 Å². The van der Waals surface area contributed by atoms with Crippen molar-refractivity contribution in [3.63, 3.8) is 0 Å². The number of nitrogens with one attached hydrogen (secondary N) is 1. The summed E-state index contributed by atoms with van der Waals surface area (Å²) in [6.45, 7) is 5.99. The van der Waals surface area contributed by atoms with E-state index in [0.717, 1.165) is 11.1 Å². The molecule has 0 aliphatic rings. The molecule has 0 aliphatic heterocycles. The van der Waals surface area contributed by atoms with Crippen LogP contribution in [0.15, 0.2) is 29.0 Å². The number of amides is 1. The predicted octanol–water partition coefficient (Wildman–Crippen LogP) is 2.36. The average Bonchev–Trinajstić information content (AvgIpc) is 2.94. The first-order valence-corrected chi connectivity index (χ1v) is 6.91. The van der Waals surface area contributed by atoms with E-state index in [-0.39, 0.29) is 5.91 Å². The van der Waals surface area contributed by atoms with Gasteiger partial charge in [-0.3, -0.25) is 4.79 Å². The molecule has 1 aromatic carbocycles. The van der Waals surface area contributed by atoms with Crippen LogP contribution in [0, 0.1) is 12.8 Å². The van der Waals surface area contributed by atoms with Gasteiger partial charge in [0.2, 0.25) is 18.2 Å². The van der Waals surface area contributed by atoms with Gasteiger partial charge in [-0.25, -0.2) is 0 Å². The van der Waals surface area contributed by atoms with E-state index in [9.17, 15) is 4.79 Å². The lowest BCUT2D eigenvalue weighted by molar-refractivity contribution is -0.117. The summed E-state index contributed by atoms with van der Waals surface area (Å²) in [4.78, 5) is 12.1. The van der Waals surface area contributed by atoms with Gasteiger partial charge in [-0.2, -0.15) is 0 Å². The summed E-state index contributed by atoms with van der Waals surface area (Å²) in [7, 11) is 0. The van der Waals surface area contributed by atoms with Gasteiger partial charge in [-0.1, -0.05) is 19.9 Å². The molecule has 6 heteroatoms. The van der Waals surface area contributed by atoms with Crippen molar-refractivity contribution in [1.82, 2.24) is 10.2 Å². The minimum Gasteiger partial charge on any atom is -0.423 e. The van der Waals surface area contributed by atoms with Crippen molar-refractivity contribution in [3.8, 4) is 11.5 Å². The number of aryl methyl sites for hydroxylation is 1. The fraction of sp³-hybridized carbons (Fsp3) is 0.400. The van der Waals surface area contributed by atoms with E-state index in [2.05, 4.69) is 15.5 Å². The molecule has 112 valence electrons. The Bertz CT molecular complexity index is 608. The van der Waals surface area contributed by atoms with Crippen molar-refractivity contribution >= 4 is 11.6 Å². The normalized spacial score (nSPS) is 12.4. The molecule has 3 N–H and O–H groups in total. The zero-order valence-corrected chi connectivity index (χ0v) is 12.5. The average molecular weight is 288 g/mol. The molecule has 1 atom stereocenters. The number of carbonyl (C=O) groups is 1. The standard InChI is InChI=1S/C15H20N4O2/c1-9(2)6-12(16)14(20)18-13-7-11(5-4-10(13)3)15-19-17-8-21-15/h4-5,7-9,12H,6,16H2,1-3H3,(H,18,20). The van der Waals surface area contributed by atoms with Gasteiger partial charge >= 0.3 is 0 Å². The number of anilines is 1. The van der Waals surface area contributed by atoms with E-state index in [1.807, 2.05) is 39.0 Å². The van der Waals surface area contributed by atoms with Crippen molar-refractivity contribution in [2.75, 3.05) is 5.32 Å². The number of hydrogen-bond acceptors (Lipinski definition) is 5. The summed E-state index contributed by atoms with van der Waals surface area (Å²) in [6, 6.07) is 5.05. The number of rotatable bonds is 5. The van der Waals surface area contributed by atoms with Crippen LogP contribution in [0.1, 0.15) is 25.8 Å². The van der Waals surface area contributed by atoms with Gasteiger partial charge in [0.1, 0.15) is 0 Å². The summed E-state index contributed by atoms with van der Waals surface area (Å²) >= 11 is 0. The second-order valence-electron chi connectivity index (χ2n) is 5.50. The Kier molecular flexibility index (Phi) is 4.70. The van der Waals surface area contributed by atoms with Crippen LogP contribution in [0.2, 0.25) is 0 Å². The highest BCUT2D eigenvalue weighted by Crippen LogP contribution is 2.24. The fourth-order valence-electron chi connectivity index (χ4n) is 2.03. The quantitative estimate of drug-likeness (QED) is 0.880. The minimum atomic E-state index is -0.517. The molecule has 1 heterocycles. The van der Waals surface area contributed by atoms with Crippen LogP contribution in [0.3, 0.4) is 0 Å². The van der Waals surface area contributed by atoms with E-state index in [4.69, 9.17) is 10.2 Å². The summed E-state index contributed by atoms with van der Waals surface area (Å²) in [5.74, 6) is 0.600. The third kappa shape index (κ3) is 3.88. The smallest absolute Gasteiger partial charge is 0.247 e. The lowest BCUT2D eigenvalue weighted by Gasteiger charge is -2.15. The van der Waals surface area contributed by atoms with Gasteiger partial charge in [0, 0.05) is 11.3 Å². The van der Waals surface area contributed by atoms with Gasteiger partial charge in [0.25, 0.3) is 0 Å². The summed E-state index contributed by atoms with van der Waals surface area (Å²) in [5, 5.41) is 10.4. The van der Waals surface area contributed by atoms with Crippen LogP contribution >= 0.6 is 0 Å². The molecular formula is C15H20N4O2. The second-order valence-corrected chi connectivity index (χ2v) is 5.50. The third-order valence-corrected chi connectivity index (χ3v) is 3.16. The molecule has 1 amide bonds. The van der Waals surface area contributed by atoms with Crippen LogP contribution in [-0.4, -0.2) is 22.1 Å². The first-order chi connectivity index (χ1) is 9.97. The molecule has 0 radical (unpaired) electrons. The lowest BCUT2D eigenvalue weighted by atomic mass is 10.0. The van der Waals surface area contributed by atoms with Gasteiger partial charge in [-0.05, 0) is 37.0 Å². The maximum absolute atomic E-state index is 12.1. The van der Waals surface area contributed by atoms with Gasteiger partial charge in [0.05, 0.1) is 6.04 Å². The molecule has 6 nitrogen and oxygen atoms in total. The Morgan fingerprint density at radius 3 is 2.81 bits per heavy atom. The molecular weight excluding hydrogens is 268 g/mol.